The lowest BCUT2D eigenvalue weighted by molar-refractivity contribution is -0.274. The molecule has 36 heavy (non-hydrogen) atoms. The number of carboxylic acids is 1. The van der Waals surface area contributed by atoms with Crippen molar-refractivity contribution >= 4 is 23.5 Å². The minimum Gasteiger partial charge on any atom is -0.481 e. The Morgan fingerprint density at radius 2 is 1.67 bits per heavy atom. The summed E-state index contributed by atoms with van der Waals surface area (Å²) in [5.41, 5.74) is 0.458. The average molecular weight is 508 g/mol. The molecule has 0 aromatic heterocycles. The van der Waals surface area contributed by atoms with E-state index in [1.807, 2.05) is 0 Å². The summed E-state index contributed by atoms with van der Waals surface area (Å²) >= 11 is 0. The summed E-state index contributed by atoms with van der Waals surface area (Å²) in [4.78, 5) is 36.9. The summed E-state index contributed by atoms with van der Waals surface area (Å²) < 4.78 is 52.7. The molecule has 2 amide bonds. The van der Waals surface area contributed by atoms with Gasteiger partial charge in [-0.25, -0.2) is 0 Å². The fraction of sp³-hybridized carbons (Fsp3) is 0.375. The minimum atomic E-state index is -4.96. The maximum Gasteiger partial charge on any atom is 0.573 e. The van der Waals surface area contributed by atoms with E-state index in [9.17, 15) is 27.6 Å². The van der Waals surface area contributed by atoms with Crippen LogP contribution >= 0.6 is 0 Å². The van der Waals surface area contributed by atoms with Gasteiger partial charge in [-0.1, -0.05) is 6.07 Å². The average Bonchev–Trinajstić information content (AvgIpc) is 3.30. The molecule has 1 aliphatic carbocycles. The van der Waals surface area contributed by atoms with E-state index in [0.29, 0.717) is 42.7 Å². The smallest absolute Gasteiger partial charge is 0.481 e. The Morgan fingerprint density at radius 3 is 2.36 bits per heavy atom. The number of halogens is 3. The Hall–Kier alpha value is -3.96. The lowest BCUT2D eigenvalue weighted by Crippen LogP contribution is -2.31. The Morgan fingerprint density at radius 1 is 0.972 bits per heavy atom. The normalized spacial score (nSPS) is 18.9. The van der Waals surface area contributed by atoms with E-state index in [1.165, 1.54) is 0 Å². The fourth-order valence-electron chi connectivity index (χ4n) is 4.18. The standard InChI is InChI=1S/C24H23F3N2O7/c25-24(26,27)36-16-6-7-18(29-21(30)14-2-4-15(5-3-14)23(32)33)17(10-16)22(31)28-11-13-1-8-19-20(9-13)35-12-34-19/h1,6-10,14-15H,2-5,11-12H2,(H,28,31)(H,29,30)(H,32,33). The van der Waals surface area contributed by atoms with Gasteiger partial charge in [0.05, 0.1) is 17.2 Å². The van der Waals surface area contributed by atoms with E-state index in [4.69, 9.17) is 14.6 Å². The summed E-state index contributed by atoms with van der Waals surface area (Å²) in [6.07, 6.45) is -3.58. The first-order valence-corrected chi connectivity index (χ1v) is 11.2. The van der Waals surface area contributed by atoms with Gasteiger partial charge >= 0.3 is 12.3 Å². The van der Waals surface area contributed by atoms with Crippen LogP contribution in [0.2, 0.25) is 0 Å². The van der Waals surface area contributed by atoms with Crippen molar-refractivity contribution in [1.29, 1.82) is 0 Å². The Kier molecular flexibility index (Phi) is 7.22. The highest BCUT2D eigenvalue weighted by atomic mass is 19.4. The minimum absolute atomic E-state index is 0.0121. The number of rotatable bonds is 7. The second-order valence-electron chi connectivity index (χ2n) is 8.50. The first-order valence-electron chi connectivity index (χ1n) is 11.2. The van der Waals surface area contributed by atoms with Crippen LogP contribution in [0.15, 0.2) is 36.4 Å². The number of amides is 2. The first-order chi connectivity index (χ1) is 17.1. The van der Waals surface area contributed by atoms with Crippen LogP contribution in [0.25, 0.3) is 0 Å². The Balaban J connectivity index is 1.48. The second kappa shape index (κ2) is 10.3. The SMILES string of the molecule is O=C(NCc1ccc2c(c1)OCO2)c1cc(OC(F)(F)F)ccc1NC(=O)C1CCC(C(=O)O)CC1. The molecule has 9 nitrogen and oxygen atoms in total. The molecule has 1 aliphatic heterocycles. The van der Waals surface area contributed by atoms with Crippen LogP contribution in [-0.2, 0) is 16.1 Å². The molecule has 1 fully saturated rings. The third-order valence-electron chi connectivity index (χ3n) is 6.06. The Bertz CT molecular complexity index is 1160. The third-order valence-corrected chi connectivity index (χ3v) is 6.06. The van der Waals surface area contributed by atoms with Gasteiger partial charge in [0.15, 0.2) is 11.5 Å². The number of nitrogens with one attached hydrogen (secondary N) is 2. The van der Waals surface area contributed by atoms with E-state index >= 15 is 0 Å². The summed E-state index contributed by atoms with van der Waals surface area (Å²) in [6, 6.07) is 8.11. The molecule has 0 atom stereocenters. The van der Waals surface area contributed by atoms with Gasteiger partial charge in [0.2, 0.25) is 12.7 Å². The number of alkyl halides is 3. The zero-order chi connectivity index (χ0) is 25.9. The molecule has 0 radical (unpaired) electrons. The van der Waals surface area contributed by atoms with Crippen LogP contribution in [0.4, 0.5) is 18.9 Å². The monoisotopic (exact) mass is 508 g/mol. The van der Waals surface area contributed by atoms with E-state index in [-0.39, 0.29) is 24.6 Å². The molecule has 0 bridgehead atoms. The highest BCUT2D eigenvalue weighted by Gasteiger charge is 2.33. The van der Waals surface area contributed by atoms with Gasteiger partial charge in [-0.05, 0) is 61.6 Å². The molecule has 0 spiro atoms. The predicted molar refractivity (Wildman–Crippen MR) is 119 cm³/mol. The van der Waals surface area contributed by atoms with E-state index in [1.54, 1.807) is 18.2 Å². The van der Waals surface area contributed by atoms with E-state index in [0.717, 1.165) is 18.2 Å². The van der Waals surface area contributed by atoms with Crippen molar-refractivity contribution in [3.05, 3.63) is 47.5 Å². The topological polar surface area (TPSA) is 123 Å². The van der Waals surface area contributed by atoms with Crippen LogP contribution in [-0.4, -0.2) is 36.0 Å². The largest absolute Gasteiger partial charge is 0.573 e. The van der Waals surface area contributed by atoms with Gasteiger partial charge in [0.1, 0.15) is 5.75 Å². The van der Waals surface area contributed by atoms with Crippen molar-refractivity contribution in [2.24, 2.45) is 11.8 Å². The molecule has 1 heterocycles. The van der Waals surface area contributed by atoms with Crippen molar-refractivity contribution in [3.8, 4) is 17.2 Å². The maximum atomic E-state index is 12.9. The third kappa shape index (κ3) is 6.18. The number of fused-ring (bicyclic) bond motifs is 1. The highest BCUT2D eigenvalue weighted by Crippen LogP contribution is 2.33. The van der Waals surface area contributed by atoms with E-state index in [2.05, 4.69) is 15.4 Å². The van der Waals surface area contributed by atoms with Gasteiger partial charge < -0.3 is 30.0 Å². The number of aliphatic carboxylic acids is 1. The quantitative estimate of drug-likeness (QED) is 0.515. The predicted octanol–water partition coefficient (Wildman–Crippen LogP) is 4.07. The molecule has 2 aromatic rings. The van der Waals surface area contributed by atoms with Crippen LogP contribution in [0.3, 0.4) is 0 Å². The molecule has 4 rings (SSSR count). The number of hydrogen-bond donors (Lipinski definition) is 3. The van der Waals surface area contributed by atoms with Gasteiger partial charge in [0, 0.05) is 12.5 Å². The van der Waals surface area contributed by atoms with Gasteiger partial charge in [-0.15, -0.1) is 13.2 Å². The summed E-state index contributed by atoms with van der Waals surface area (Å²) in [7, 11) is 0. The number of carbonyl (C=O) groups is 3. The van der Waals surface area contributed by atoms with Gasteiger partial charge in [-0.3, -0.25) is 14.4 Å². The van der Waals surface area contributed by atoms with Crippen LogP contribution < -0.4 is 24.8 Å². The molecule has 3 N–H and O–H groups in total. The van der Waals surface area contributed by atoms with Gasteiger partial charge in [0.25, 0.3) is 5.91 Å². The zero-order valence-corrected chi connectivity index (χ0v) is 18.9. The van der Waals surface area contributed by atoms with Gasteiger partial charge in [-0.2, -0.15) is 0 Å². The number of anilines is 1. The molecule has 0 saturated heterocycles. The molecule has 192 valence electrons. The molecule has 2 aromatic carbocycles. The number of benzene rings is 2. The Labute approximate surface area is 203 Å². The maximum absolute atomic E-state index is 12.9. The number of carbonyl (C=O) groups excluding carboxylic acids is 2. The molecular formula is C24H23F3N2O7. The second-order valence-corrected chi connectivity index (χ2v) is 8.50. The van der Waals surface area contributed by atoms with Crippen molar-refractivity contribution in [1.82, 2.24) is 5.32 Å². The first kappa shape index (κ1) is 25.1. The number of ether oxygens (including phenoxy) is 3. The number of carboxylic acid groups (broad SMARTS) is 1. The van der Waals surface area contributed by atoms with Crippen LogP contribution in [0.5, 0.6) is 17.2 Å². The fourth-order valence-corrected chi connectivity index (χ4v) is 4.18. The molecule has 2 aliphatic rings. The zero-order valence-electron chi connectivity index (χ0n) is 18.9. The van der Waals surface area contributed by atoms with Crippen molar-refractivity contribution in [2.45, 2.75) is 38.6 Å². The highest BCUT2D eigenvalue weighted by molar-refractivity contribution is 6.04. The summed E-state index contributed by atoms with van der Waals surface area (Å²) in [5, 5.41) is 14.4. The molecule has 12 heteroatoms. The van der Waals surface area contributed by atoms with Crippen molar-refractivity contribution in [2.75, 3.05) is 12.1 Å². The van der Waals surface area contributed by atoms with Crippen molar-refractivity contribution < 1.29 is 46.9 Å². The van der Waals surface area contributed by atoms with Crippen molar-refractivity contribution in [3.63, 3.8) is 0 Å². The molecular weight excluding hydrogens is 485 g/mol. The summed E-state index contributed by atoms with van der Waals surface area (Å²) in [6.45, 7) is 0.116. The lowest BCUT2D eigenvalue weighted by Gasteiger charge is -2.25. The van der Waals surface area contributed by atoms with Crippen LogP contribution in [0, 0.1) is 11.8 Å². The lowest BCUT2D eigenvalue weighted by atomic mass is 9.81. The van der Waals surface area contributed by atoms with Crippen LogP contribution in [0.1, 0.15) is 41.6 Å². The number of hydrogen-bond acceptors (Lipinski definition) is 6. The molecule has 1 saturated carbocycles. The molecule has 0 unspecified atom stereocenters. The van der Waals surface area contributed by atoms with E-state index < -0.39 is 41.7 Å². The summed E-state index contributed by atoms with van der Waals surface area (Å²) in [5.74, 6) is -2.61.